The Balaban J connectivity index is 0.00000235. The summed E-state index contributed by atoms with van der Waals surface area (Å²) < 4.78 is 0. The monoisotopic (exact) mass is 526 g/mol. The van der Waals surface area contributed by atoms with Crippen molar-refractivity contribution in [1.29, 1.82) is 0 Å². The number of nitrogen functional groups attached to an aromatic ring is 1. The lowest BCUT2D eigenvalue weighted by atomic mass is 10.1. The molecule has 37 heavy (non-hydrogen) atoms. The molecule has 1 aromatic heterocycles. The van der Waals surface area contributed by atoms with Gasteiger partial charge in [0.2, 0.25) is 5.91 Å². The molecule has 1 saturated carbocycles. The van der Waals surface area contributed by atoms with Crippen LogP contribution in [0.25, 0.3) is 0 Å². The molecule has 2 amide bonds. The molecule has 0 unspecified atom stereocenters. The smallest absolute Gasteiger partial charge is 0.272 e. The highest BCUT2D eigenvalue weighted by Crippen LogP contribution is 2.33. The highest BCUT2D eigenvalue weighted by atomic mass is 32.2. The van der Waals surface area contributed by atoms with Gasteiger partial charge in [0.25, 0.3) is 5.91 Å². The van der Waals surface area contributed by atoms with Crippen LogP contribution in [0.15, 0.2) is 52.5 Å². The van der Waals surface area contributed by atoms with Gasteiger partial charge in [-0.05, 0) is 90.4 Å². The number of carbonyl (C=O) groups is 2. The van der Waals surface area contributed by atoms with E-state index in [1.165, 1.54) is 11.8 Å². The predicted molar refractivity (Wildman–Crippen MR) is 151 cm³/mol. The van der Waals surface area contributed by atoms with E-state index >= 15 is 0 Å². The summed E-state index contributed by atoms with van der Waals surface area (Å²) in [5.74, 6) is 0.529. The van der Waals surface area contributed by atoms with Gasteiger partial charge < -0.3 is 21.8 Å². The maximum Gasteiger partial charge on any atom is 0.272 e. The molecule has 1 heterocycles. The Morgan fingerprint density at radius 3 is 2.30 bits per heavy atom. The van der Waals surface area contributed by atoms with Crippen molar-refractivity contribution in [2.45, 2.75) is 76.0 Å². The maximum absolute atomic E-state index is 12.9. The van der Waals surface area contributed by atoms with Crippen LogP contribution in [0.2, 0.25) is 0 Å². The number of hydrogen-bond donors (Lipinski definition) is 5. The first kappa shape index (κ1) is 29.8. The Bertz CT molecular complexity index is 1120. The largest absolute Gasteiger partial charge is 0.394 e. The number of benzene rings is 1. The number of anilines is 2. The fraction of sp³-hybridized carbons (Fsp3) is 0.423. The maximum atomic E-state index is 12.9. The Morgan fingerprint density at radius 1 is 1.14 bits per heavy atom. The van der Waals surface area contributed by atoms with Crippen LogP contribution in [0.5, 0.6) is 0 Å². The number of aliphatic imine (C=N–C) groups is 1. The van der Waals surface area contributed by atoms with Crippen molar-refractivity contribution in [2.24, 2.45) is 10.9 Å². The van der Waals surface area contributed by atoms with Crippen molar-refractivity contribution in [3.63, 3.8) is 0 Å². The third-order valence-electron chi connectivity index (χ3n) is 4.70. The van der Waals surface area contributed by atoms with Gasteiger partial charge in [-0.25, -0.2) is 20.4 Å². The molecular formula is C26H38N8O2S. The molecule has 6 N–H and O–H groups in total. The topological polar surface area (TPSA) is 146 Å². The summed E-state index contributed by atoms with van der Waals surface area (Å²) in [5.41, 5.74) is 12.8. The molecule has 0 saturated heterocycles. The van der Waals surface area contributed by atoms with Gasteiger partial charge in [0.15, 0.2) is 16.7 Å². The Kier molecular flexibility index (Phi) is 10.6. The summed E-state index contributed by atoms with van der Waals surface area (Å²) in [6.45, 7) is 17.4. The summed E-state index contributed by atoms with van der Waals surface area (Å²) in [6.07, 6.45) is 1.90. The molecule has 1 aliphatic carbocycles. The van der Waals surface area contributed by atoms with E-state index in [0.717, 1.165) is 23.4 Å². The van der Waals surface area contributed by atoms with Gasteiger partial charge >= 0.3 is 0 Å². The molecule has 0 spiro atoms. The van der Waals surface area contributed by atoms with Crippen molar-refractivity contribution in [3.8, 4) is 0 Å². The quantitative estimate of drug-likeness (QED) is 0.112. The van der Waals surface area contributed by atoms with E-state index in [0.29, 0.717) is 11.0 Å². The molecule has 1 aromatic carbocycles. The molecule has 10 nitrogen and oxygen atoms in total. The van der Waals surface area contributed by atoms with Crippen LogP contribution in [0.4, 0.5) is 17.2 Å². The van der Waals surface area contributed by atoms with E-state index in [1.807, 2.05) is 58.9 Å². The molecule has 0 bridgehead atoms. The Morgan fingerprint density at radius 2 is 1.76 bits per heavy atom. The van der Waals surface area contributed by atoms with Crippen LogP contribution in [-0.4, -0.2) is 39.2 Å². The van der Waals surface area contributed by atoms with Gasteiger partial charge in [-0.1, -0.05) is 0 Å². The lowest BCUT2D eigenvalue weighted by Crippen LogP contribution is -2.41. The summed E-state index contributed by atoms with van der Waals surface area (Å²) in [4.78, 5) is 39.2. The number of amidine groups is 1. The van der Waals surface area contributed by atoms with Crippen molar-refractivity contribution < 1.29 is 9.59 Å². The highest BCUT2D eigenvalue weighted by Gasteiger charge is 2.29. The zero-order valence-corrected chi connectivity index (χ0v) is 23.3. The number of nitrogens with zero attached hydrogens (tertiary/aromatic N) is 3. The number of hydrazine groups is 1. The molecule has 3 rings (SSSR count). The number of carbonyl (C=O) groups excluding carboxylic acids is 2. The van der Waals surface area contributed by atoms with Crippen LogP contribution in [0.3, 0.4) is 0 Å². The van der Waals surface area contributed by atoms with Gasteiger partial charge in [-0.2, -0.15) is 0 Å². The van der Waals surface area contributed by atoms with Gasteiger partial charge in [0, 0.05) is 28.1 Å². The standard InChI is InChI=1S/C24H34N8O2S.C2H4/c1-13(2)31-32-14(3)26-20-18(25)19(22(34)30-24(4,5)6)28-23(29-20)35-17-11-9-16(10-12-17)27-21(33)15-7-8-15;1-2/h9-13,15,31H,7-8,25H2,1-6H3,(H,27,33)(H,30,34)(H,26,28,29,32);1-2H2. The molecule has 0 radical (unpaired) electrons. The van der Waals surface area contributed by atoms with Gasteiger partial charge in [-0.15, -0.1) is 13.2 Å². The molecule has 11 heteroatoms. The van der Waals surface area contributed by atoms with E-state index in [4.69, 9.17) is 5.73 Å². The third-order valence-corrected chi connectivity index (χ3v) is 5.58. The SMILES string of the molecule is C=C.CC(=Nc1nc(Sc2ccc(NC(=O)C3CC3)cc2)nc(C(=O)NC(C)(C)C)c1N)NNC(C)C. The van der Waals surface area contributed by atoms with Gasteiger partial charge in [-0.3, -0.25) is 9.59 Å². The van der Waals surface area contributed by atoms with E-state index in [-0.39, 0.29) is 35.1 Å². The number of rotatable bonds is 8. The summed E-state index contributed by atoms with van der Waals surface area (Å²) in [5, 5.41) is 6.14. The van der Waals surface area contributed by atoms with Gasteiger partial charge in [0.05, 0.1) is 0 Å². The summed E-state index contributed by atoms with van der Waals surface area (Å²) in [7, 11) is 0. The lowest BCUT2D eigenvalue weighted by molar-refractivity contribution is -0.117. The van der Waals surface area contributed by atoms with Crippen LogP contribution in [0.1, 0.15) is 64.9 Å². The summed E-state index contributed by atoms with van der Waals surface area (Å²) in [6, 6.07) is 7.59. The van der Waals surface area contributed by atoms with Crippen molar-refractivity contribution in [1.82, 2.24) is 26.1 Å². The van der Waals surface area contributed by atoms with Crippen molar-refractivity contribution in [2.75, 3.05) is 11.1 Å². The fourth-order valence-electron chi connectivity index (χ4n) is 2.88. The molecule has 200 valence electrons. The number of hydrogen-bond acceptors (Lipinski definition) is 8. The second kappa shape index (κ2) is 13.2. The van der Waals surface area contributed by atoms with Crippen LogP contribution >= 0.6 is 11.8 Å². The Labute approximate surface area is 223 Å². The van der Waals surface area contributed by atoms with Crippen LogP contribution < -0.4 is 27.2 Å². The average Bonchev–Trinajstić information content (AvgIpc) is 3.67. The van der Waals surface area contributed by atoms with Crippen LogP contribution in [-0.2, 0) is 4.79 Å². The highest BCUT2D eigenvalue weighted by molar-refractivity contribution is 7.99. The van der Waals surface area contributed by atoms with E-state index in [1.54, 1.807) is 6.92 Å². The molecule has 1 fully saturated rings. The minimum atomic E-state index is -0.468. The fourth-order valence-corrected chi connectivity index (χ4v) is 3.63. The minimum Gasteiger partial charge on any atom is -0.394 e. The number of nitrogens with one attached hydrogen (secondary N) is 4. The molecule has 0 atom stereocenters. The van der Waals surface area contributed by atoms with E-state index in [9.17, 15) is 9.59 Å². The lowest BCUT2D eigenvalue weighted by Gasteiger charge is -2.21. The second-order valence-electron chi connectivity index (χ2n) is 9.81. The van der Waals surface area contributed by atoms with E-state index in [2.05, 4.69) is 49.6 Å². The van der Waals surface area contributed by atoms with Crippen molar-refractivity contribution in [3.05, 3.63) is 43.1 Å². The summed E-state index contributed by atoms with van der Waals surface area (Å²) >= 11 is 1.28. The first-order valence-corrected chi connectivity index (χ1v) is 12.9. The average molecular weight is 527 g/mol. The number of aromatic nitrogens is 2. The molecule has 1 aliphatic rings. The Hall–Kier alpha value is -3.44. The minimum absolute atomic E-state index is 0.0558. The number of nitrogens with two attached hydrogens (primary N) is 1. The number of amides is 2. The van der Waals surface area contributed by atoms with Crippen molar-refractivity contribution >= 4 is 46.6 Å². The first-order valence-electron chi connectivity index (χ1n) is 12.1. The normalized spacial score (nSPS) is 13.4. The van der Waals surface area contributed by atoms with Gasteiger partial charge in [0.1, 0.15) is 11.5 Å². The van der Waals surface area contributed by atoms with Crippen LogP contribution in [0, 0.1) is 5.92 Å². The zero-order chi connectivity index (χ0) is 27.8. The second-order valence-corrected chi connectivity index (χ2v) is 10.8. The molecular weight excluding hydrogens is 488 g/mol. The molecule has 0 aliphatic heterocycles. The zero-order valence-electron chi connectivity index (χ0n) is 22.4. The predicted octanol–water partition coefficient (Wildman–Crippen LogP) is 4.44. The van der Waals surface area contributed by atoms with E-state index < -0.39 is 11.4 Å². The molecule has 2 aromatic rings. The third kappa shape index (κ3) is 9.85. The first-order chi connectivity index (χ1) is 17.4.